The number of allylic oxidation sites excluding steroid dienone is 1. The predicted octanol–water partition coefficient (Wildman–Crippen LogP) is 15.8. The fraction of sp³-hybridized carbons (Fsp3) is 0.180. The fourth-order valence-electron chi connectivity index (χ4n) is 9.00. The number of aromatic nitrogens is 2. The number of pyridine rings is 1. The van der Waals surface area contributed by atoms with Crippen molar-refractivity contribution in [3.63, 3.8) is 0 Å². The van der Waals surface area contributed by atoms with Gasteiger partial charge in [0.1, 0.15) is 5.82 Å². The SMILES string of the molecule is CC(C)(C)c1cc(-c2ccccc2)cc(N2[CH-]N(c3[c-]c(Oc4[c-]c5c(cc4)c4cc(-c6ccccc6)ccc4n5-c4cc(C(C)(C)C)ccn4)ccc3)C=C2C(C)(C)c2ccccc2)c1.[Pt]. The molecular formula is C61H55N4OPt-3. The number of benzene rings is 7. The smallest absolute Gasteiger partial charge is 0.135 e. The molecule has 5 nitrogen and oxygen atoms in total. The third-order valence-electron chi connectivity index (χ3n) is 12.9. The second-order valence-electron chi connectivity index (χ2n) is 20.0. The molecule has 1 aliphatic rings. The van der Waals surface area contributed by atoms with Crippen molar-refractivity contribution in [3.8, 4) is 39.6 Å². The summed E-state index contributed by atoms with van der Waals surface area (Å²) in [5, 5.41) is 2.21. The molecule has 0 atom stereocenters. The van der Waals surface area contributed by atoms with Gasteiger partial charge in [-0.2, -0.15) is 12.1 Å². The molecule has 3 heterocycles. The largest absolute Gasteiger partial charge is 0.509 e. The molecule has 0 aliphatic carbocycles. The van der Waals surface area contributed by atoms with Gasteiger partial charge in [-0.15, -0.1) is 48.1 Å². The van der Waals surface area contributed by atoms with Crippen molar-refractivity contribution in [1.29, 1.82) is 0 Å². The van der Waals surface area contributed by atoms with Gasteiger partial charge in [-0.3, -0.25) is 0 Å². The molecule has 10 rings (SSSR count). The average Bonchev–Trinajstić information content (AvgIpc) is 3.93. The van der Waals surface area contributed by atoms with Gasteiger partial charge >= 0.3 is 0 Å². The molecule has 7 aromatic carbocycles. The zero-order valence-corrected chi connectivity index (χ0v) is 41.7. The second-order valence-corrected chi connectivity index (χ2v) is 20.0. The Kier molecular flexibility index (Phi) is 12.1. The molecular weight excluding hydrogens is 1000 g/mol. The Labute approximate surface area is 410 Å². The van der Waals surface area contributed by atoms with Gasteiger partial charge in [-0.1, -0.05) is 170 Å². The third-order valence-corrected chi connectivity index (χ3v) is 12.9. The average molecular weight is 1060 g/mol. The zero-order valence-electron chi connectivity index (χ0n) is 39.4. The molecule has 0 saturated heterocycles. The van der Waals surface area contributed by atoms with Crippen molar-refractivity contribution in [2.75, 3.05) is 9.80 Å². The Balaban J connectivity index is 0.00000562. The Morgan fingerprint density at radius 3 is 1.87 bits per heavy atom. The Morgan fingerprint density at radius 2 is 1.18 bits per heavy atom. The summed E-state index contributed by atoms with van der Waals surface area (Å²) in [6, 6.07) is 67.5. The van der Waals surface area contributed by atoms with Crippen molar-refractivity contribution < 1.29 is 25.8 Å². The molecule has 0 unspecified atom stereocenters. The Morgan fingerprint density at radius 1 is 0.522 bits per heavy atom. The van der Waals surface area contributed by atoms with Crippen molar-refractivity contribution in [2.45, 2.75) is 71.6 Å². The minimum Gasteiger partial charge on any atom is -0.509 e. The number of rotatable bonds is 9. The number of anilines is 2. The molecule has 0 amide bonds. The van der Waals surface area contributed by atoms with E-state index >= 15 is 0 Å². The van der Waals surface area contributed by atoms with Crippen LogP contribution in [0.1, 0.15) is 72.1 Å². The van der Waals surface area contributed by atoms with Crippen LogP contribution in [0.2, 0.25) is 0 Å². The maximum atomic E-state index is 6.72. The number of nitrogens with zero attached hydrogens (tertiary/aromatic N) is 4. The molecule has 338 valence electrons. The van der Waals surface area contributed by atoms with Gasteiger partial charge in [0, 0.05) is 61.1 Å². The van der Waals surface area contributed by atoms with E-state index in [0.29, 0.717) is 11.5 Å². The van der Waals surface area contributed by atoms with E-state index in [9.17, 15) is 0 Å². The van der Waals surface area contributed by atoms with E-state index in [4.69, 9.17) is 9.72 Å². The molecule has 0 N–H and O–H groups in total. The first-order chi connectivity index (χ1) is 31.7. The van der Waals surface area contributed by atoms with Crippen LogP contribution in [0.4, 0.5) is 11.4 Å². The minimum atomic E-state index is -0.350. The topological polar surface area (TPSA) is 33.5 Å². The second kappa shape index (κ2) is 17.8. The first kappa shape index (κ1) is 45.5. The van der Waals surface area contributed by atoms with E-state index in [1.165, 1.54) is 33.4 Å². The quantitative estimate of drug-likeness (QED) is 0.135. The van der Waals surface area contributed by atoms with Crippen LogP contribution in [0.5, 0.6) is 11.5 Å². The van der Waals surface area contributed by atoms with E-state index in [1.54, 1.807) is 0 Å². The van der Waals surface area contributed by atoms with Gasteiger partial charge in [-0.05, 0) is 91.7 Å². The number of hydrogen-bond acceptors (Lipinski definition) is 4. The normalized spacial score (nSPS) is 13.2. The molecule has 0 bridgehead atoms. The van der Waals surface area contributed by atoms with Crippen LogP contribution in [0.3, 0.4) is 0 Å². The summed E-state index contributed by atoms with van der Waals surface area (Å²) in [5.41, 5.74) is 13.0. The van der Waals surface area contributed by atoms with E-state index in [1.807, 2.05) is 24.4 Å². The van der Waals surface area contributed by atoms with E-state index in [-0.39, 0.29) is 37.3 Å². The molecule has 1 aliphatic heterocycles. The van der Waals surface area contributed by atoms with Crippen molar-refractivity contribution in [1.82, 2.24) is 9.55 Å². The summed E-state index contributed by atoms with van der Waals surface area (Å²) in [5.74, 6) is 2.03. The standard InChI is InChI=1S/C61H55N4O.Pt/c1-59(2,3)47-31-32-62-58(37-47)65-55-30-27-44(42-19-12-9-13-20-42)35-54(55)53-29-28-52(39-56(53)65)66-51-26-18-25-49(38-51)63-40-57(61(7,8)46-23-16-11-17-24-46)64(41-63)50-34-45(43-21-14-10-15-22-43)33-48(36-50)60(4,5)6;/h9-37,40-41H,1-8H3;/q-3;. The van der Waals surface area contributed by atoms with Gasteiger partial charge in [0.25, 0.3) is 0 Å². The Bertz CT molecular complexity index is 3250. The maximum Gasteiger partial charge on any atom is 0.135 e. The van der Waals surface area contributed by atoms with Crippen LogP contribution >= 0.6 is 0 Å². The summed E-state index contributed by atoms with van der Waals surface area (Å²) in [7, 11) is 0. The zero-order chi connectivity index (χ0) is 45.8. The van der Waals surface area contributed by atoms with E-state index < -0.39 is 0 Å². The van der Waals surface area contributed by atoms with Gasteiger partial charge in [0.05, 0.1) is 0 Å². The Hall–Kier alpha value is -6.68. The van der Waals surface area contributed by atoms with Gasteiger partial charge in [0.2, 0.25) is 0 Å². The number of hydrogen-bond donors (Lipinski definition) is 0. The van der Waals surface area contributed by atoms with Gasteiger partial charge in [0.15, 0.2) is 0 Å². The van der Waals surface area contributed by atoms with Crippen molar-refractivity contribution in [2.24, 2.45) is 0 Å². The summed E-state index contributed by atoms with van der Waals surface area (Å²) in [6.07, 6.45) is 4.15. The molecule has 6 heteroatoms. The third kappa shape index (κ3) is 8.98. The van der Waals surface area contributed by atoms with Crippen LogP contribution in [-0.4, -0.2) is 9.55 Å². The summed E-state index contributed by atoms with van der Waals surface area (Å²) < 4.78 is 8.93. The van der Waals surface area contributed by atoms with Crippen molar-refractivity contribution >= 4 is 33.2 Å². The number of ether oxygens (including phenoxy) is 1. The van der Waals surface area contributed by atoms with E-state index in [0.717, 1.165) is 50.3 Å². The molecule has 0 saturated carbocycles. The molecule has 2 aromatic heterocycles. The van der Waals surface area contributed by atoms with Gasteiger partial charge < -0.3 is 19.1 Å². The summed E-state index contributed by atoms with van der Waals surface area (Å²) in [6.45, 7) is 20.3. The van der Waals surface area contributed by atoms with E-state index in [2.05, 4.69) is 246 Å². The monoisotopic (exact) mass is 1050 g/mol. The van der Waals surface area contributed by atoms with Crippen molar-refractivity contribution in [3.05, 3.63) is 223 Å². The predicted molar refractivity (Wildman–Crippen MR) is 274 cm³/mol. The van der Waals surface area contributed by atoms with Crippen LogP contribution in [0.15, 0.2) is 188 Å². The van der Waals surface area contributed by atoms with Crippen LogP contribution in [0.25, 0.3) is 49.9 Å². The molecule has 0 fully saturated rings. The minimum absolute atomic E-state index is 0. The summed E-state index contributed by atoms with van der Waals surface area (Å²) in [4.78, 5) is 9.45. The first-order valence-electron chi connectivity index (χ1n) is 22.9. The van der Waals surface area contributed by atoms with Crippen LogP contribution in [-0.2, 0) is 37.3 Å². The molecule has 0 radical (unpaired) electrons. The maximum absolute atomic E-state index is 6.72. The van der Waals surface area contributed by atoms with Crippen LogP contribution < -0.4 is 14.5 Å². The molecule has 67 heavy (non-hydrogen) atoms. The van der Waals surface area contributed by atoms with Gasteiger partial charge in [-0.25, -0.2) is 4.98 Å². The summed E-state index contributed by atoms with van der Waals surface area (Å²) >= 11 is 0. The van der Waals surface area contributed by atoms with Crippen LogP contribution in [0, 0.1) is 18.8 Å². The molecule has 9 aromatic rings. The molecule has 0 spiro atoms. The number of fused-ring (bicyclic) bond motifs is 3. The first-order valence-corrected chi connectivity index (χ1v) is 22.9. The fourth-order valence-corrected chi connectivity index (χ4v) is 9.00.